The smallest absolute Gasteiger partial charge is 0.241 e. The Hall–Kier alpha value is -1.92. The monoisotopic (exact) mass is 344 g/mol. The van der Waals surface area contributed by atoms with Crippen LogP contribution in [0.3, 0.4) is 0 Å². The molecule has 1 saturated heterocycles. The van der Waals surface area contributed by atoms with Gasteiger partial charge < -0.3 is 10.2 Å². The Labute approximate surface area is 149 Å². The summed E-state index contributed by atoms with van der Waals surface area (Å²) in [4.78, 5) is 25.3. The molecule has 0 spiro atoms. The first-order valence-corrected chi connectivity index (χ1v) is 9.21. The molecule has 2 amide bonds. The van der Waals surface area contributed by atoms with E-state index < -0.39 is 0 Å². The van der Waals surface area contributed by atoms with Gasteiger partial charge in [-0.3, -0.25) is 20.4 Å². The Morgan fingerprint density at radius 1 is 1.20 bits per heavy atom. The maximum Gasteiger partial charge on any atom is 0.241 e. The summed E-state index contributed by atoms with van der Waals surface area (Å²) in [5.74, 6) is 0.153. The highest BCUT2D eigenvalue weighted by atomic mass is 16.2. The zero-order valence-corrected chi connectivity index (χ0v) is 14.8. The third-order valence-corrected chi connectivity index (χ3v) is 5.02. The van der Waals surface area contributed by atoms with E-state index in [1.54, 1.807) is 11.9 Å². The molecule has 25 heavy (non-hydrogen) atoms. The van der Waals surface area contributed by atoms with Crippen LogP contribution in [-0.4, -0.2) is 42.9 Å². The zero-order chi connectivity index (χ0) is 17.6. The summed E-state index contributed by atoms with van der Waals surface area (Å²) >= 11 is 0. The minimum absolute atomic E-state index is 0.0198. The lowest BCUT2D eigenvalue weighted by Gasteiger charge is -2.18. The Balaban J connectivity index is 1.31. The number of amides is 2. The average Bonchev–Trinajstić information content (AvgIpc) is 3.39. The Morgan fingerprint density at radius 2 is 1.96 bits per heavy atom. The number of carbonyl (C=O) groups is 2. The molecular weight excluding hydrogens is 316 g/mol. The molecule has 6 nitrogen and oxygen atoms in total. The molecule has 2 fully saturated rings. The summed E-state index contributed by atoms with van der Waals surface area (Å²) in [6.45, 7) is 0.831. The van der Waals surface area contributed by atoms with Crippen molar-refractivity contribution in [3.63, 3.8) is 0 Å². The van der Waals surface area contributed by atoms with Gasteiger partial charge in [0.1, 0.15) is 0 Å². The van der Waals surface area contributed by atoms with Gasteiger partial charge in [0.15, 0.2) is 0 Å². The van der Waals surface area contributed by atoms with Crippen molar-refractivity contribution in [3.8, 4) is 0 Å². The molecule has 2 atom stereocenters. The summed E-state index contributed by atoms with van der Waals surface area (Å²) in [7, 11) is 1.80. The van der Waals surface area contributed by atoms with Gasteiger partial charge in [-0.2, -0.15) is 0 Å². The van der Waals surface area contributed by atoms with Gasteiger partial charge in [-0.15, -0.1) is 0 Å². The average molecular weight is 344 g/mol. The molecule has 2 unspecified atom stereocenters. The van der Waals surface area contributed by atoms with E-state index in [4.69, 9.17) is 0 Å². The van der Waals surface area contributed by atoms with Gasteiger partial charge >= 0.3 is 0 Å². The topological polar surface area (TPSA) is 73.5 Å². The minimum Gasteiger partial charge on any atom is -0.347 e. The normalized spacial score (nSPS) is 22.6. The highest BCUT2D eigenvalue weighted by Gasteiger charge is 2.29. The van der Waals surface area contributed by atoms with Crippen molar-refractivity contribution in [1.82, 2.24) is 21.1 Å². The second-order valence-electron chi connectivity index (χ2n) is 7.13. The quantitative estimate of drug-likeness (QED) is 0.666. The van der Waals surface area contributed by atoms with Crippen LogP contribution in [0, 0.1) is 5.92 Å². The van der Waals surface area contributed by atoms with E-state index in [1.165, 1.54) is 5.56 Å². The molecule has 1 aromatic rings. The van der Waals surface area contributed by atoms with Crippen molar-refractivity contribution in [1.29, 1.82) is 0 Å². The number of rotatable bonds is 8. The van der Waals surface area contributed by atoms with E-state index in [1.807, 2.05) is 6.07 Å². The van der Waals surface area contributed by atoms with Gasteiger partial charge in [-0.1, -0.05) is 30.3 Å². The standard InChI is InChI=1S/C19H28N4O2/c1-23(18(24)13-20-19(25)15-9-10-15)11-5-8-16-12-17(22-21-16)14-6-3-2-4-7-14/h2-4,6-7,15-17,21-22H,5,8-13H2,1H3,(H,20,25). The summed E-state index contributed by atoms with van der Waals surface area (Å²) in [5, 5.41) is 2.73. The van der Waals surface area contributed by atoms with Crippen LogP contribution in [-0.2, 0) is 9.59 Å². The third-order valence-electron chi connectivity index (χ3n) is 5.02. The number of nitrogens with zero attached hydrogens (tertiary/aromatic N) is 1. The van der Waals surface area contributed by atoms with Crippen LogP contribution < -0.4 is 16.2 Å². The summed E-state index contributed by atoms with van der Waals surface area (Å²) in [6, 6.07) is 11.2. The second-order valence-corrected chi connectivity index (χ2v) is 7.13. The fraction of sp³-hybridized carbons (Fsp3) is 0.579. The minimum atomic E-state index is -0.0198. The van der Waals surface area contributed by atoms with Gasteiger partial charge in [-0.05, 0) is 37.7 Å². The van der Waals surface area contributed by atoms with E-state index in [-0.39, 0.29) is 24.3 Å². The molecule has 2 aliphatic rings. The van der Waals surface area contributed by atoms with Crippen molar-refractivity contribution >= 4 is 11.8 Å². The van der Waals surface area contributed by atoms with Crippen molar-refractivity contribution in [2.24, 2.45) is 5.92 Å². The molecule has 6 heteroatoms. The number of likely N-dealkylation sites (N-methyl/N-ethyl adjacent to an activating group) is 1. The first-order chi connectivity index (χ1) is 12.1. The molecule has 1 saturated carbocycles. The molecule has 1 aliphatic heterocycles. The second kappa shape index (κ2) is 8.45. The molecule has 1 heterocycles. The van der Waals surface area contributed by atoms with Gasteiger partial charge in [0.05, 0.1) is 6.54 Å². The van der Waals surface area contributed by atoms with Crippen LogP contribution in [0.4, 0.5) is 0 Å². The molecule has 3 rings (SSSR count). The fourth-order valence-electron chi connectivity index (χ4n) is 3.20. The SMILES string of the molecule is CN(CCCC1CC(c2ccccc2)NN1)C(=O)CNC(=O)C1CC1. The van der Waals surface area contributed by atoms with Gasteiger partial charge in [0.25, 0.3) is 0 Å². The lowest BCUT2D eigenvalue weighted by atomic mass is 10.00. The van der Waals surface area contributed by atoms with Gasteiger partial charge in [-0.25, -0.2) is 0 Å². The first kappa shape index (κ1) is 17.9. The molecule has 1 aromatic carbocycles. The summed E-state index contributed by atoms with van der Waals surface area (Å²) in [5.41, 5.74) is 8.01. The van der Waals surface area contributed by atoms with Crippen LogP contribution in [0.2, 0.25) is 0 Å². The van der Waals surface area contributed by atoms with Crippen molar-refractivity contribution < 1.29 is 9.59 Å². The predicted molar refractivity (Wildman–Crippen MR) is 96.5 cm³/mol. The molecular formula is C19H28N4O2. The number of hydrogen-bond donors (Lipinski definition) is 3. The number of benzene rings is 1. The van der Waals surface area contributed by atoms with Crippen LogP contribution in [0.5, 0.6) is 0 Å². The largest absolute Gasteiger partial charge is 0.347 e. The van der Waals surface area contributed by atoms with E-state index in [9.17, 15) is 9.59 Å². The number of nitrogens with one attached hydrogen (secondary N) is 3. The summed E-state index contributed by atoms with van der Waals surface area (Å²) < 4.78 is 0. The van der Waals surface area contributed by atoms with Crippen molar-refractivity contribution in [2.75, 3.05) is 20.1 Å². The maximum atomic E-state index is 12.0. The van der Waals surface area contributed by atoms with Crippen molar-refractivity contribution in [2.45, 2.75) is 44.2 Å². The summed E-state index contributed by atoms with van der Waals surface area (Å²) in [6.07, 6.45) is 4.94. The Kier molecular flexibility index (Phi) is 6.04. The third kappa shape index (κ3) is 5.28. The highest BCUT2D eigenvalue weighted by Crippen LogP contribution is 2.28. The van der Waals surface area contributed by atoms with Gasteiger partial charge in [0.2, 0.25) is 11.8 Å². The lowest BCUT2D eigenvalue weighted by molar-refractivity contribution is -0.132. The highest BCUT2D eigenvalue weighted by molar-refractivity contribution is 5.86. The van der Waals surface area contributed by atoms with E-state index in [0.717, 1.165) is 32.1 Å². The van der Waals surface area contributed by atoms with Gasteiger partial charge in [0, 0.05) is 31.6 Å². The first-order valence-electron chi connectivity index (χ1n) is 9.21. The fourth-order valence-corrected chi connectivity index (χ4v) is 3.20. The van der Waals surface area contributed by atoms with Crippen LogP contribution >= 0.6 is 0 Å². The maximum absolute atomic E-state index is 12.0. The molecule has 136 valence electrons. The van der Waals surface area contributed by atoms with Crippen LogP contribution in [0.25, 0.3) is 0 Å². The molecule has 0 bridgehead atoms. The predicted octanol–water partition coefficient (Wildman–Crippen LogP) is 1.36. The molecule has 0 aromatic heterocycles. The van der Waals surface area contributed by atoms with Crippen LogP contribution in [0.15, 0.2) is 30.3 Å². The van der Waals surface area contributed by atoms with E-state index >= 15 is 0 Å². The van der Waals surface area contributed by atoms with Crippen LogP contribution in [0.1, 0.15) is 43.7 Å². The zero-order valence-electron chi connectivity index (χ0n) is 14.8. The number of hydrazine groups is 1. The van der Waals surface area contributed by atoms with E-state index in [2.05, 4.69) is 40.4 Å². The van der Waals surface area contributed by atoms with E-state index in [0.29, 0.717) is 18.6 Å². The lowest BCUT2D eigenvalue weighted by Crippen LogP contribution is -2.39. The Morgan fingerprint density at radius 3 is 2.68 bits per heavy atom. The molecule has 0 radical (unpaired) electrons. The molecule has 1 aliphatic carbocycles. The number of carbonyl (C=O) groups excluding carboxylic acids is 2. The Bertz CT molecular complexity index is 588. The molecule has 3 N–H and O–H groups in total. The van der Waals surface area contributed by atoms with Crippen molar-refractivity contribution in [3.05, 3.63) is 35.9 Å². The number of hydrogen-bond acceptors (Lipinski definition) is 4.